The molecular formula is C24H20BrClN2O2. The van der Waals surface area contributed by atoms with Gasteiger partial charge in [-0.25, -0.2) is 5.01 Å². The molecule has 6 heteroatoms. The fraction of sp³-hybridized carbons (Fsp3) is 0.208. The van der Waals surface area contributed by atoms with Crippen molar-refractivity contribution in [2.24, 2.45) is 5.10 Å². The molecule has 0 unspecified atom stereocenters. The predicted octanol–water partition coefficient (Wildman–Crippen LogP) is 6.74. The number of benzene rings is 3. The lowest BCUT2D eigenvalue weighted by Gasteiger charge is -2.38. The Hall–Kier alpha value is -2.50. The average molecular weight is 484 g/mol. The molecule has 152 valence electrons. The van der Waals surface area contributed by atoms with Crippen molar-refractivity contribution in [3.8, 4) is 11.5 Å². The molecule has 0 saturated heterocycles. The largest absolute Gasteiger partial charge is 0.494 e. The highest BCUT2D eigenvalue weighted by Gasteiger charge is 2.41. The highest BCUT2D eigenvalue weighted by Crippen LogP contribution is 2.48. The average Bonchev–Trinajstić information content (AvgIpc) is 3.20. The number of halogens is 2. The van der Waals surface area contributed by atoms with Crippen molar-refractivity contribution in [1.82, 2.24) is 5.01 Å². The van der Waals surface area contributed by atoms with Gasteiger partial charge in [-0.3, -0.25) is 0 Å². The van der Waals surface area contributed by atoms with E-state index in [1.54, 1.807) is 0 Å². The maximum Gasteiger partial charge on any atom is 0.213 e. The van der Waals surface area contributed by atoms with Gasteiger partial charge in [0.2, 0.25) is 6.23 Å². The summed E-state index contributed by atoms with van der Waals surface area (Å²) in [5.41, 5.74) is 4.29. The lowest BCUT2D eigenvalue weighted by Crippen LogP contribution is -2.33. The van der Waals surface area contributed by atoms with Crippen molar-refractivity contribution in [1.29, 1.82) is 0 Å². The summed E-state index contributed by atoms with van der Waals surface area (Å²) in [6.07, 6.45) is 0.506. The number of rotatable bonds is 4. The van der Waals surface area contributed by atoms with E-state index in [1.165, 1.54) is 0 Å². The van der Waals surface area contributed by atoms with Crippen molar-refractivity contribution in [2.75, 3.05) is 6.61 Å². The van der Waals surface area contributed by atoms with Crippen LogP contribution >= 0.6 is 27.5 Å². The molecule has 2 aliphatic rings. The smallest absolute Gasteiger partial charge is 0.213 e. The molecule has 4 nitrogen and oxygen atoms in total. The van der Waals surface area contributed by atoms with Crippen molar-refractivity contribution in [2.45, 2.75) is 25.6 Å². The van der Waals surface area contributed by atoms with E-state index in [0.29, 0.717) is 6.61 Å². The molecule has 2 heterocycles. The van der Waals surface area contributed by atoms with Crippen LogP contribution < -0.4 is 9.47 Å². The van der Waals surface area contributed by atoms with Gasteiger partial charge in [-0.15, -0.1) is 0 Å². The van der Waals surface area contributed by atoms with E-state index in [9.17, 15) is 0 Å². The number of fused-ring (bicyclic) bond motifs is 3. The summed E-state index contributed by atoms with van der Waals surface area (Å²) in [4.78, 5) is 0. The molecule has 2 aliphatic heterocycles. The minimum atomic E-state index is -0.302. The van der Waals surface area contributed by atoms with Crippen LogP contribution in [0.15, 0.2) is 76.3 Å². The first-order valence-corrected chi connectivity index (χ1v) is 11.1. The van der Waals surface area contributed by atoms with Crippen LogP contribution in [0.3, 0.4) is 0 Å². The summed E-state index contributed by atoms with van der Waals surface area (Å²) >= 11 is 9.68. The predicted molar refractivity (Wildman–Crippen MR) is 122 cm³/mol. The van der Waals surface area contributed by atoms with Crippen LogP contribution in [0.4, 0.5) is 0 Å². The summed E-state index contributed by atoms with van der Waals surface area (Å²) in [6.45, 7) is 2.62. The summed E-state index contributed by atoms with van der Waals surface area (Å²) in [5, 5.41) is 7.79. The molecular weight excluding hydrogens is 464 g/mol. The Labute approximate surface area is 189 Å². The lowest BCUT2D eigenvalue weighted by molar-refractivity contribution is -0.0191. The first-order valence-electron chi connectivity index (χ1n) is 9.93. The van der Waals surface area contributed by atoms with Gasteiger partial charge in [-0.1, -0.05) is 39.7 Å². The Morgan fingerprint density at radius 3 is 2.60 bits per heavy atom. The third-order valence-electron chi connectivity index (χ3n) is 5.41. The first-order chi connectivity index (χ1) is 14.6. The van der Waals surface area contributed by atoms with E-state index >= 15 is 0 Å². The van der Waals surface area contributed by atoms with E-state index in [0.717, 1.165) is 49.8 Å². The third-order valence-corrected chi connectivity index (χ3v) is 6.15. The lowest BCUT2D eigenvalue weighted by atomic mass is 9.96. The van der Waals surface area contributed by atoms with E-state index < -0.39 is 0 Å². The third kappa shape index (κ3) is 3.57. The van der Waals surface area contributed by atoms with Crippen molar-refractivity contribution < 1.29 is 9.47 Å². The van der Waals surface area contributed by atoms with Crippen LogP contribution in [-0.2, 0) is 0 Å². The standard InChI is InChI=1S/C24H20BrClN2O2/c1-2-29-19-10-5-16(6-11-19)24-28-22(20-13-17(25)7-12-23(20)30-24)14-21(27-28)15-3-8-18(26)9-4-15/h3-13,22,24H,2,14H2,1H3/t22-,24+/m1/s1. The molecule has 0 spiro atoms. The second-order valence-electron chi connectivity index (χ2n) is 7.31. The van der Waals surface area contributed by atoms with Crippen LogP contribution in [0.25, 0.3) is 0 Å². The minimum absolute atomic E-state index is 0.105. The molecule has 0 saturated carbocycles. The van der Waals surface area contributed by atoms with Crippen molar-refractivity contribution in [3.63, 3.8) is 0 Å². The molecule has 3 aromatic rings. The maximum absolute atomic E-state index is 6.43. The fourth-order valence-corrected chi connectivity index (χ4v) is 4.49. The summed E-state index contributed by atoms with van der Waals surface area (Å²) in [7, 11) is 0. The highest BCUT2D eigenvalue weighted by atomic mass is 79.9. The number of hydrogen-bond donors (Lipinski definition) is 0. The van der Waals surface area contributed by atoms with Gasteiger partial charge in [0.15, 0.2) is 0 Å². The molecule has 0 aliphatic carbocycles. The SMILES string of the molecule is CCOc1ccc([C@@H]2Oc3ccc(Br)cc3[C@H]3CC(c4ccc(Cl)cc4)=NN32)cc1. The number of hydrazone groups is 1. The van der Waals surface area contributed by atoms with Crippen LogP contribution in [-0.4, -0.2) is 17.3 Å². The van der Waals surface area contributed by atoms with Gasteiger partial charge in [0.05, 0.1) is 18.4 Å². The Morgan fingerprint density at radius 2 is 1.87 bits per heavy atom. The number of ether oxygens (including phenoxy) is 2. The van der Waals surface area contributed by atoms with Crippen LogP contribution in [0, 0.1) is 0 Å². The number of nitrogens with zero attached hydrogens (tertiary/aromatic N) is 2. The zero-order valence-corrected chi connectivity index (χ0v) is 18.7. The van der Waals surface area contributed by atoms with Gasteiger partial charge >= 0.3 is 0 Å². The first kappa shape index (κ1) is 19.5. The minimum Gasteiger partial charge on any atom is -0.494 e. The van der Waals surface area contributed by atoms with Crippen LogP contribution in [0.2, 0.25) is 5.02 Å². The van der Waals surface area contributed by atoms with Crippen molar-refractivity contribution in [3.05, 3.63) is 92.9 Å². The second-order valence-corrected chi connectivity index (χ2v) is 8.66. The molecule has 5 rings (SSSR count). The number of hydrogen-bond acceptors (Lipinski definition) is 4. The highest BCUT2D eigenvalue weighted by molar-refractivity contribution is 9.10. The molecule has 0 N–H and O–H groups in total. The van der Waals surface area contributed by atoms with Gasteiger partial charge in [-0.2, -0.15) is 5.10 Å². The zero-order valence-electron chi connectivity index (χ0n) is 16.4. The Balaban J connectivity index is 1.55. The Kier molecular flexibility index (Phi) is 5.17. The summed E-state index contributed by atoms with van der Waals surface area (Å²) < 4.78 is 13.0. The van der Waals surface area contributed by atoms with Crippen molar-refractivity contribution >= 4 is 33.2 Å². The molecule has 0 aromatic heterocycles. The fourth-order valence-electron chi connectivity index (χ4n) is 3.99. The summed E-state index contributed by atoms with van der Waals surface area (Å²) in [6, 6.07) is 22.2. The molecule has 0 radical (unpaired) electrons. The molecule has 0 amide bonds. The Bertz CT molecular complexity index is 1100. The van der Waals surface area contributed by atoms with Gasteiger partial charge < -0.3 is 9.47 Å². The normalized spacial score (nSPS) is 19.6. The van der Waals surface area contributed by atoms with E-state index in [1.807, 2.05) is 67.6 Å². The quantitative estimate of drug-likeness (QED) is 0.412. The molecule has 0 bridgehead atoms. The molecule has 2 atom stereocenters. The molecule has 0 fully saturated rings. The van der Waals surface area contributed by atoms with Gasteiger partial charge in [0.25, 0.3) is 0 Å². The van der Waals surface area contributed by atoms with Gasteiger partial charge in [0, 0.05) is 27.0 Å². The Morgan fingerprint density at radius 1 is 1.10 bits per heavy atom. The van der Waals surface area contributed by atoms with Crippen LogP contribution in [0.1, 0.15) is 42.3 Å². The zero-order chi connectivity index (χ0) is 20.7. The molecule has 3 aromatic carbocycles. The second kappa shape index (κ2) is 7.97. The molecule has 30 heavy (non-hydrogen) atoms. The van der Waals surface area contributed by atoms with Gasteiger partial charge in [-0.05, 0) is 67.1 Å². The summed E-state index contributed by atoms with van der Waals surface area (Å²) in [5.74, 6) is 1.75. The van der Waals surface area contributed by atoms with E-state index in [-0.39, 0.29) is 12.3 Å². The monoisotopic (exact) mass is 482 g/mol. The topological polar surface area (TPSA) is 34.1 Å². The van der Waals surface area contributed by atoms with Gasteiger partial charge in [0.1, 0.15) is 11.5 Å². The van der Waals surface area contributed by atoms with E-state index in [2.05, 4.69) is 27.0 Å². The van der Waals surface area contributed by atoms with Crippen LogP contribution in [0.5, 0.6) is 11.5 Å². The van der Waals surface area contributed by atoms with E-state index in [4.69, 9.17) is 26.2 Å². The maximum atomic E-state index is 6.43.